The Bertz CT molecular complexity index is 845. The number of hydrogen-bond donors (Lipinski definition) is 0. The number of carbonyl (C=O) groups excluding carboxylic acids is 2. The summed E-state index contributed by atoms with van der Waals surface area (Å²) in [7, 11) is 0. The van der Waals surface area contributed by atoms with Crippen LogP contribution in [0, 0.1) is 6.92 Å². The fourth-order valence-corrected chi connectivity index (χ4v) is 2.23. The van der Waals surface area contributed by atoms with Crippen LogP contribution < -0.4 is 4.74 Å². The molecule has 5 heteroatoms. The molecule has 0 fully saturated rings. The van der Waals surface area contributed by atoms with E-state index >= 15 is 0 Å². The van der Waals surface area contributed by atoms with E-state index in [1.54, 1.807) is 18.2 Å². The quantitative estimate of drug-likeness (QED) is 0.512. The summed E-state index contributed by atoms with van der Waals surface area (Å²) in [5, 5.41) is 0.829. The number of aryl methyl sites for hydroxylation is 1. The van der Waals surface area contributed by atoms with Gasteiger partial charge in [-0.3, -0.25) is 4.79 Å². The molecule has 0 radical (unpaired) electrons. The maximum atomic E-state index is 12.0. The van der Waals surface area contributed by atoms with Crippen LogP contribution in [0.15, 0.2) is 59.0 Å². The van der Waals surface area contributed by atoms with Crippen molar-refractivity contribution in [2.45, 2.75) is 6.92 Å². The van der Waals surface area contributed by atoms with Crippen LogP contribution in [-0.2, 0) is 9.53 Å². The first-order chi connectivity index (χ1) is 11.6. The summed E-state index contributed by atoms with van der Waals surface area (Å²) in [5.41, 5.74) is 1.54. The summed E-state index contributed by atoms with van der Waals surface area (Å²) in [6.07, 6.45) is 0. The maximum Gasteiger partial charge on any atom is 0.344 e. The van der Waals surface area contributed by atoms with Crippen molar-refractivity contribution in [3.63, 3.8) is 0 Å². The number of esters is 1. The van der Waals surface area contributed by atoms with Crippen molar-refractivity contribution in [2.24, 2.45) is 0 Å². The highest BCUT2D eigenvalue weighted by Crippen LogP contribution is 2.19. The Hall–Kier alpha value is -3.08. The molecule has 5 nitrogen and oxygen atoms in total. The van der Waals surface area contributed by atoms with Gasteiger partial charge in [0.2, 0.25) is 5.78 Å². The lowest BCUT2D eigenvalue weighted by Crippen LogP contribution is -2.19. The SMILES string of the molecule is Cc1ccccc1OCC(=O)OCC(=O)c1cc2ccccc2o1. The van der Waals surface area contributed by atoms with Crippen molar-refractivity contribution in [1.82, 2.24) is 0 Å². The van der Waals surface area contributed by atoms with Crippen LogP contribution in [0.5, 0.6) is 5.75 Å². The van der Waals surface area contributed by atoms with Gasteiger partial charge in [0.05, 0.1) is 0 Å². The molecule has 1 aromatic heterocycles. The Morgan fingerprint density at radius 3 is 2.54 bits per heavy atom. The van der Waals surface area contributed by atoms with Gasteiger partial charge >= 0.3 is 5.97 Å². The molecule has 0 saturated carbocycles. The third-order valence-corrected chi connectivity index (χ3v) is 3.50. The van der Waals surface area contributed by atoms with E-state index in [9.17, 15) is 9.59 Å². The number of fused-ring (bicyclic) bond motifs is 1. The van der Waals surface area contributed by atoms with Gasteiger partial charge in [0.15, 0.2) is 19.0 Å². The highest BCUT2D eigenvalue weighted by atomic mass is 16.6. The van der Waals surface area contributed by atoms with Crippen LogP contribution in [-0.4, -0.2) is 25.0 Å². The number of benzene rings is 2. The van der Waals surface area contributed by atoms with Gasteiger partial charge in [-0.05, 0) is 30.7 Å². The molecule has 122 valence electrons. The zero-order valence-electron chi connectivity index (χ0n) is 13.2. The summed E-state index contributed by atoms with van der Waals surface area (Å²) >= 11 is 0. The molecule has 0 unspecified atom stereocenters. The zero-order valence-corrected chi connectivity index (χ0v) is 13.2. The molecule has 0 aliphatic rings. The number of furan rings is 1. The van der Waals surface area contributed by atoms with Gasteiger partial charge in [-0.15, -0.1) is 0 Å². The van der Waals surface area contributed by atoms with Crippen LogP contribution in [0.2, 0.25) is 0 Å². The Labute approximate surface area is 138 Å². The van der Waals surface area contributed by atoms with Gasteiger partial charge in [-0.1, -0.05) is 36.4 Å². The molecule has 3 aromatic rings. The standard InChI is InChI=1S/C19H16O5/c1-13-6-2-4-8-16(13)22-12-19(21)23-11-15(20)18-10-14-7-3-5-9-17(14)24-18/h2-10H,11-12H2,1H3. The van der Waals surface area contributed by atoms with E-state index in [0.717, 1.165) is 10.9 Å². The monoisotopic (exact) mass is 324 g/mol. The maximum absolute atomic E-state index is 12.0. The Morgan fingerprint density at radius 1 is 1.00 bits per heavy atom. The Kier molecular flexibility index (Phi) is 4.61. The highest BCUT2D eigenvalue weighted by Gasteiger charge is 2.15. The van der Waals surface area contributed by atoms with Gasteiger partial charge in [-0.25, -0.2) is 4.79 Å². The molecule has 0 spiro atoms. The molecule has 0 aliphatic carbocycles. The lowest BCUT2D eigenvalue weighted by Gasteiger charge is -2.08. The predicted octanol–water partition coefficient (Wildman–Crippen LogP) is 3.55. The second-order valence-corrected chi connectivity index (χ2v) is 5.29. The number of ether oxygens (including phenoxy) is 2. The molecule has 2 aromatic carbocycles. The molecule has 0 bridgehead atoms. The number of carbonyl (C=O) groups is 2. The first-order valence-corrected chi connectivity index (χ1v) is 7.49. The summed E-state index contributed by atoms with van der Waals surface area (Å²) in [6.45, 7) is 1.25. The fraction of sp³-hybridized carbons (Fsp3) is 0.158. The molecule has 0 amide bonds. The zero-order chi connectivity index (χ0) is 16.9. The van der Waals surface area contributed by atoms with Crippen molar-refractivity contribution in [3.05, 3.63) is 65.9 Å². The van der Waals surface area contributed by atoms with Crippen molar-refractivity contribution in [3.8, 4) is 5.75 Å². The van der Waals surface area contributed by atoms with E-state index in [1.807, 2.05) is 43.3 Å². The Morgan fingerprint density at radius 2 is 1.75 bits per heavy atom. The lowest BCUT2D eigenvalue weighted by atomic mass is 10.2. The summed E-state index contributed by atoms with van der Waals surface area (Å²) < 4.78 is 15.8. The van der Waals surface area contributed by atoms with Crippen molar-refractivity contribution >= 4 is 22.7 Å². The van der Waals surface area contributed by atoms with Gasteiger partial charge in [-0.2, -0.15) is 0 Å². The number of ketones is 1. The van der Waals surface area contributed by atoms with E-state index in [-0.39, 0.29) is 19.0 Å². The van der Waals surface area contributed by atoms with Crippen LogP contribution >= 0.6 is 0 Å². The fourth-order valence-electron chi connectivity index (χ4n) is 2.23. The van der Waals surface area contributed by atoms with Gasteiger partial charge in [0.25, 0.3) is 0 Å². The van der Waals surface area contributed by atoms with Crippen LogP contribution in [0.1, 0.15) is 16.1 Å². The second kappa shape index (κ2) is 7.00. The van der Waals surface area contributed by atoms with Crippen molar-refractivity contribution in [1.29, 1.82) is 0 Å². The highest BCUT2D eigenvalue weighted by molar-refractivity contribution is 5.99. The Balaban J connectivity index is 1.52. The molecule has 0 saturated heterocycles. The van der Waals surface area contributed by atoms with Crippen molar-refractivity contribution in [2.75, 3.05) is 13.2 Å². The molecular formula is C19H16O5. The normalized spacial score (nSPS) is 10.5. The third kappa shape index (κ3) is 3.63. The van der Waals surface area contributed by atoms with Crippen molar-refractivity contribution < 1.29 is 23.5 Å². The first kappa shape index (κ1) is 15.8. The van der Waals surface area contributed by atoms with E-state index in [4.69, 9.17) is 13.9 Å². The third-order valence-electron chi connectivity index (χ3n) is 3.50. The van der Waals surface area contributed by atoms with E-state index < -0.39 is 11.8 Å². The molecule has 0 atom stereocenters. The molecule has 1 heterocycles. The molecule has 0 aliphatic heterocycles. The van der Waals surface area contributed by atoms with E-state index in [0.29, 0.717) is 11.3 Å². The minimum Gasteiger partial charge on any atom is -0.482 e. The summed E-state index contributed by atoms with van der Waals surface area (Å²) in [5.74, 6) is -0.222. The van der Waals surface area contributed by atoms with E-state index in [1.165, 1.54) is 0 Å². The summed E-state index contributed by atoms with van der Waals surface area (Å²) in [6, 6.07) is 16.3. The van der Waals surface area contributed by atoms with Gasteiger partial charge < -0.3 is 13.9 Å². The molecule has 0 N–H and O–H groups in total. The number of para-hydroxylation sites is 2. The second-order valence-electron chi connectivity index (χ2n) is 5.29. The van der Waals surface area contributed by atoms with Crippen LogP contribution in [0.4, 0.5) is 0 Å². The minimum atomic E-state index is -0.609. The van der Waals surface area contributed by atoms with Crippen LogP contribution in [0.25, 0.3) is 11.0 Å². The predicted molar refractivity (Wildman–Crippen MR) is 88.2 cm³/mol. The number of Topliss-reactive ketones (excluding diaryl/α,β-unsaturated/α-hetero) is 1. The van der Waals surface area contributed by atoms with E-state index in [2.05, 4.69) is 0 Å². The molecule has 3 rings (SSSR count). The number of hydrogen-bond acceptors (Lipinski definition) is 5. The van der Waals surface area contributed by atoms with Gasteiger partial charge in [0, 0.05) is 5.39 Å². The molecule has 24 heavy (non-hydrogen) atoms. The first-order valence-electron chi connectivity index (χ1n) is 7.49. The van der Waals surface area contributed by atoms with Gasteiger partial charge in [0.1, 0.15) is 11.3 Å². The number of rotatable bonds is 6. The molecular weight excluding hydrogens is 308 g/mol. The lowest BCUT2D eigenvalue weighted by molar-refractivity contribution is -0.144. The average Bonchev–Trinajstić information content (AvgIpc) is 3.03. The minimum absolute atomic E-state index is 0.170. The van der Waals surface area contributed by atoms with Crippen LogP contribution in [0.3, 0.4) is 0 Å². The summed E-state index contributed by atoms with van der Waals surface area (Å²) in [4.78, 5) is 23.7. The largest absolute Gasteiger partial charge is 0.482 e. The smallest absolute Gasteiger partial charge is 0.344 e. The topological polar surface area (TPSA) is 65.7 Å². The average molecular weight is 324 g/mol.